The van der Waals surface area contributed by atoms with Crippen molar-refractivity contribution in [1.82, 2.24) is 19.7 Å². The standard InChI is InChI=1S/C15H25N5O2S/c1-6-11(4)20-8-14(16-9-20)23(21,22)19-15-13(7-10(2)3)12(5)17-18-15/h8-11H,6-7H2,1-5H3,(H2,17,18,19)/t11-/m0/s1. The molecule has 2 heterocycles. The van der Waals surface area contributed by atoms with Gasteiger partial charge < -0.3 is 4.57 Å². The molecule has 8 heteroatoms. The van der Waals surface area contributed by atoms with E-state index in [1.54, 1.807) is 17.1 Å². The van der Waals surface area contributed by atoms with Gasteiger partial charge in [0.1, 0.15) is 0 Å². The van der Waals surface area contributed by atoms with Crippen LogP contribution in [0.25, 0.3) is 0 Å². The third-order valence-corrected chi connectivity index (χ3v) is 5.09. The highest BCUT2D eigenvalue weighted by Crippen LogP contribution is 2.23. The van der Waals surface area contributed by atoms with Crippen molar-refractivity contribution in [3.05, 3.63) is 23.8 Å². The second-order valence-corrected chi connectivity index (χ2v) is 7.92. The number of nitrogens with zero attached hydrogens (tertiary/aromatic N) is 3. The first-order valence-corrected chi connectivity index (χ1v) is 9.33. The Hall–Kier alpha value is -1.83. The molecule has 0 fully saturated rings. The van der Waals surface area contributed by atoms with Crippen LogP contribution < -0.4 is 4.72 Å². The molecule has 2 aromatic heterocycles. The largest absolute Gasteiger partial charge is 0.333 e. The summed E-state index contributed by atoms with van der Waals surface area (Å²) in [5.74, 6) is 0.758. The molecule has 2 aromatic rings. The minimum atomic E-state index is -3.74. The van der Waals surface area contributed by atoms with Gasteiger partial charge >= 0.3 is 0 Å². The zero-order valence-electron chi connectivity index (χ0n) is 14.3. The average Bonchev–Trinajstić information content (AvgIpc) is 3.08. The fourth-order valence-corrected chi connectivity index (χ4v) is 3.26. The number of anilines is 1. The highest BCUT2D eigenvalue weighted by atomic mass is 32.2. The van der Waals surface area contributed by atoms with Gasteiger partial charge in [0.25, 0.3) is 10.0 Å². The van der Waals surface area contributed by atoms with Crippen molar-refractivity contribution in [1.29, 1.82) is 0 Å². The van der Waals surface area contributed by atoms with Gasteiger partial charge in [0, 0.05) is 23.5 Å². The number of rotatable bonds is 7. The SMILES string of the molecule is CC[C@H](C)n1cnc(S(=O)(=O)Nc2n[nH]c(C)c2CC(C)C)c1. The summed E-state index contributed by atoms with van der Waals surface area (Å²) in [6.45, 7) is 10.1. The molecule has 0 aliphatic carbocycles. The summed E-state index contributed by atoms with van der Waals surface area (Å²) >= 11 is 0. The maximum absolute atomic E-state index is 12.5. The fraction of sp³-hybridized carbons (Fsp3) is 0.600. The number of sulfonamides is 1. The number of hydrogen-bond donors (Lipinski definition) is 2. The minimum Gasteiger partial charge on any atom is -0.333 e. The first kappa shape index (κ1) is 17.5. The van der Waals surface area contributed by atoms with Crippen LogP contribution in [0.1, 0.15) is 51.4 Å². The van der Waals surface area contributed by atoms with Crippen LogP contribution in [-0.4, -0.2) is 28.2 Å². The van der Waals surface area contributed by atoms with E-state index in [0.29, 0.717) is 11.7 Å². The van der Waals surface area contributed by atoms with Gasteiger partial charge in [-0.05, 0) is 32.6 Å². The first-order valence-electron chi connectivity index (χ1n) is 7.84. The maximum atomic E-state index is 12.5. The fourth-order valence-electron chi connectivity index (χ4n) is 2.28. The zero-order chi connectivity index (χ0) is 17.2. The predicted molar refractivity (Wildman–Crippen MR) is 89.9 cm³/mol. The summed E-state index contributed by atoms with van der Waals surface area (Å²) < 4.78 is 29.4. The predicted octanol–water partition coefficient (Wildman–Crippen LogP) is 2.88. The number of hydrogen-bond acceptors (Lipinski definition) is 4. The number of imidazole rings is 1. The van der Waals surface area contributed by atoms with Gasteiger partial charge in [-0.1, -0.05) is 20.8 Å². The van der Waals surface area contributed by atoms with Crippen LogP contribution in [0.4, 0.5) is 5.82 Å². The van der Waals surface area contributed by atoms with E-state index in [2.05, 4.69) is 33.8 Å². The Balaban J connectivity index is 2.27. The Labute approximate surface area is 137 Å². The molecule has 128 valence electrons. The van der Waals surface area contributed by atoms with E-state index >= 15 is 0 Å². The molecule has 1 atom stereocenters. The van der Waals surface area contributed by atoms with Crippen LogP contribution >= 0.6 is 0 Å². The topological polar surface area (TPSA) is 92.7 Å². The van der Waals surface area contributed by atoms with Crippen molar-refractivity contribution in [2.45, 2.75) is 58.5 Å². The van der Waals surface area contributed by atoms with E-state index in [4.69, 9.17) is 0 Å². The lowest BCUT2D eigenvalue weighted by Gasteiger charge is -2.09. The first-order chi connectivity index (χ1) is 10.7. The number of aromatic nitrogens is 4. The van der Waals surface area contributed by atoms with Gasteiger partial charge in [0.2, 0.25) is 0 Å². The molecule has 0 aliphatic heterocycles. The van der Waals surface area contributed by atoms with Crippen molar-refractivity contribution in [2.75, 3.05) is 4.72 Å². The van der Waals surface area contributed by atoms with Crippen LogP contribution in [0.3, 0.4) is 0 Å². The monoisotopic (exact) mass is 339 g/mol. The lowest BCUT2D eigenvalue weighted by Crippen LogP contribution is -2.15. The number of H-pyrrole nitrogens is 1. The molecule has 0 radical (unpaired) electrons. The molecule has 23 heavy (non-hydrogen) atoms. The van der Waals surface area contributed by atoms with Gasteiger partial charge in [0.05, 0.1) is 6.33 Å². The Morgan fingerprint density at radius 2 is 2.04 bits per heavy atom. The highest BCUT2D eigenvalue weighted by Gasteiger charge is 2.22. The Morgan fingerprint density at radius 1 is 1.35 bits per heavy atom. The van der Waals surface area contributed by atoms with Gasteiger partial charge in [-0.15, -0.1) is 0 Å². The Kier molecular flexibility index (Phi) is 5.13. The molecule has 7 nitrogen and oxygen atoms in total. The summed E-state index contributed by atoms with van der Waals surface area (Å²) in [6, 6.07) is 0.204. The van der Waals surface area contributed by atoms with Crippen molar-refractivity contribution in [3.8, 4) is 0 Å². The smallest absolute Gasteiger partial charge is 0.282 e. The zero-order valence-corrected chi connectivity index (χ0v) is 15.1. The van der Waals surface area contributed by atoms with Crippen LogP contribution in [0, 0.1) is 12.8 Å². The van der Waals surface area contributed by atoms with Gasteiger partial charge in [-0.2, -0.15) is 13.5 Å². The molecule has 0 aromatic carbocycles. The molecule has 0 amide bonds. The van der Waals surface area contributed by atoms with Crippen LogP contribution in [0.15, 0.2) is 17.6 Å². The van der Waals surface area contributed by atoms with Crippen molar-refractivity contribution >= 4 is 15.8 Å². The van der Waals surface area contributed by atoms with E-state index in [1.165, 1.54) is 0 Å². The van der Waals surface area contributed by atoms with E-state index in [9.17, 15) is 8.42 Å². The average molecular weight is 339 g/mol. The maximum Gasteiger partial charge on any atom is 0.282 e. The normalized spacial score (nSPS) is 13.5. The quantitative estimate of drug-likeness (QED) is 0.811. The third kappa shape index (κ3) is 3.93. The summed E-state index contributed by atoms with van der Waals surface area (Å²) in [5, 5.41) is 6.94. The van der Waals surface area contributed by atoms with E-state index in [0.717, 1.165) is 24.1 Å². The molecule has 2 N–H and O–H groups in total. The molecule has 0 saturated carbocycles. The molecule has 0 bridgehead atoms. The molecular weight excluding hydrogens is 314 g/mol. The number of aryl methyl sites for hydroxylation is 1. The van der Waals surface area contributed by atoms with E-state index < -0.39 is 10.0 Å². The number of aromatic amines is 1. The Bertz CT molecular complexity index is 761. The van der Waals surface area contributed by atoms with Crippen molar-refractivity contribution < 1.29 is 8.42 Å². The lowest BCUT2D eigenvalue weighted by atomic mass is 10.0. The molecule has 0 unspecified atom stereocenters. The van der Waals surface area contributed by atoms with E-state index in [-0.39, 0.29) is 11.1 Å². The lowest BCUT2D eigenvalue weighted by molar-refractivity contribution is 0.529. The molecular formula is C15H25N5O2S. The minimum absolute atomic E-state index is 0.00829. The van der Waals surface area contributed by atoms with Gasteiger partial charge in [-0.3, -0.25) is 9.82 Å². The van der Waals surface area contributed by atoms with Crippen LogP contribution in [0.2, 0.25) is 0 Å². The van der Waals surface area contributed by atoms with E-state index in [1.807, 2.05) is 20.8 Å². The molecule has 2 rings (SSSR count). The highest BCUT2D eigenvalue weighted by molar-refractivity contribution is 7.92. The summed E-state index contributed by atoms with van der Waals surface area (Å²) in [4.78, 5) is 4.02. The van der Waals surface area contributed by atoms with Crippen molar-refractivity contribution in [3.63, 3.8) is 0 Å². The second kappa shape index (κ2) is 6.74. The second-order valence-electron chi connectivity index (χ2n) is 6.30. The molecule has 0 saturated heterocycles. The Morgan fingerprint density at radius 3 is 2.65 bits per heavy atom. The van der Waals surface area contributed by atoms with Gasteiger partial charge in [-0.25, -0.2) is 4.98 Å². The molecule has 0 spiro atoms. The molecule has 0 aliphatic rings. The van der Waals surface area contributed by atoms with Crippen molar-refractivity contribution in [2.24, 2.45) is 5.92 Å². The van der Waals surface area contributed by atoms with Crippen LogP contribution in [0.5, 0.6) is 0 Å². The summed E-state index contributed by atoms with van der Waals surface area (Å²) in [5.41, 5.74) is 1.77. The number of nitrogens with one attached hydrogen (secondary N) is 2. The summed E-state index contributed by atoms with van der Waals surface area (Å²) in [7, 11) is -3.74. The van der Waals surface area contributed by atoms with Gasteiger partial charge in [0.15, 0.2) is 10.8 Å². The van der Waals surface area contributed by atoms with Crippen LogP contribution in [-0.2, 0) is 16.4 Å². The summed E-state index contributed by atoms with van der Waals surface area (Å²) in [6.07, 6.45) is 4.76. The third-order valence-electron chi connectivity index (χ3n) is 3.87.